The van der Waals surface area contributed by atoms with E-state index in [4.69, 9.17) is 0 Å². The van der Waals surface area contributed by atoms with Crippen molar-refractivity contribution in [2.75, 3.05) is 19.6 Å². The molecule has 1 aromatic carbocycles. The van der Waals surface area contributed by atoms with Gasteiger partial charge in [-0.05, 0) is 36.2 Å². The highest BCUT2D eigenvalue weighted by molar-refractivity contribution is 7.89. The van der Waals surface area contributed by atoms with Gasteiger partial charge in [-0.15, -0.1) is 0 Å². The van der Waals surface area contributed by atoms with Gasteiger partial charge in [-0.1, -0.05) is 12.1 Å². The summed E-state index contributed by atoms with van der Waals surface area (Å²) in [5.74, 6) is -0.714. The Morgan fingerprint density at radius 3 is 2.87 bits per heavy atom. The number of halogens is 1. The number of hydrogen-bond donors (Lipinski definition) is 1. The monoisotopic (exact) mass is 335 g/mol. The highest BCUT2D eigenvalue weighted by Crippen LogP contribution is 2.29. The van der Waals surface area contributed by atoms with E-state index in [-0.39, 0.29) is 11.4 Å². The largest absolute Gasteiger partial charge is 0.313 e. The molecule has 0 bridgehead atoms. The molecule has 0 saturated carbocycles. The van der Waals surface area contributed by atoms with E-state index in [1.54, 1.807) is 31.5 Å². The third-order valence-corrected chi connectivity index (χ3v) is 5.88. The molecule has 0 aliphatic carbocycles. The molecule has 1 fully saturated rings. The van der Waals surface area contributed by atoms with Crippen molar-refractivity contribution in [3.8, 4) is 0 Å². The van der Waals surface area contributed by atoms with Gasteiger partial charge in [0.05, 0.1) is 6.04 Å². The van der Waals surface area contributed by atoms with E-state index in [2.05, 4.69) is 10.3 Å². The Bertz CT molecular complexity index is 796. The Hall–Kier alpha value is -1.83. The molecule has 122 valence electrons. The van der Waals surface area contributed by atoms with Gasteiger partial charge in [-0.2, -0.15) is 4.31 Å². The molecule has 0 radical (unpaired) electrons. The smallest absolute Gasteiger partial charge is 0.246 e. The zero-order valence-corrected chi connectivity index (χ0v) is 13.6. The maximum absolute atomic E-state index is 14.2. The van der Waals surface area contributed by atoms with Crippen LogP contribution in [-0.2, 0) is 10.0 Å². The summed E-state index contributed by atoms with van der Waals surface area (Å²) in [6.45, 7) is 3.01. The lowest BCUT2D eigenvalue weighted by molar-refractivity contribution is 0.270. The summed E-state index contributed by atoms with van der Waals surface area (Å²) >= 11 is 0. The molecule has 1 aliphatic rings. The summed E-state index contributed by atoms with van der Waals surface area (Å²) < 4.78 is 41.4. The standard InChI is InChI=1S/C16H18FN3O2S/c1-12-4-5-16(14(17)9-12)23(21,22)20-8-7-19-11-15(20)13-3-2-6-18-10-13/h2-6,9-10,15,19H,7-8,11H2,1H3. The third kappa shape index (κ3) is 3.12. The van der Waals surface area contributed by atoms with Crippen molar-refractivity contribution >= 4 is 10.0 Å². The summed E-state index contributed by atoms with van der Waals surface area (Å²) in [5.41, 5.74) is 1.47. The number of pyridine rings is 1. The summed E-state index contributed by atoms with van der Waals surface area (Å²) in [6.07, 6.45) is 3.28. The quantitative estimate of drug-likeness (QED) is 0.930. The van der Waals surface area contributed by atoms with Crippen LogP contribution in [0.4, 0.5) is 4.39 Å². The van der Waals surface area contributed by atoms with E-state index < -0.39 is 21.9 Å². The number of nitrogens with zero attached hydrogens (tertiary/aromatic N) is 2. The number of nitrogens with one attached hydrogen (secondary N) is 1. The van der Waals surface area contributed by atoms with E-state index in [1.807, 2.05) is 6.07 Å². The molecular weight excluding hydrogens is 317 g/mol. The highest BCUT2D eigenvalue weighted by atomic mass is 32.2. The second kappa shape index (κ2) is 6.35. The van der Waals surface area contributed by atoms with Gasteiger partial charge in [0.1, 0.15) is 10.7 Å². The van der Waals surface area contributed by atoms with Crippen LogP contribution in [0.1, 0.15) is 17.2 Å². The van der Waals surface area contributed by atoms with Crippen LogP contribution in [0.5, 0.6) is 0 Å². The molecule has 1 unspecified atom stereocenters. The lowest BCUT2D eigenvalue weighted by Gasteiger charge is -2.35. The van der Waals surface area contributed by atoms with Crippen LogP contribution < -0.4 is 5.32 Å². The molecule has 7 heteroatoms. The summed E-state index contributed by atoms with van der Waals surface area (Å²) in [6, 6.07) is 7.39. The Kier molecular flexibility index (Phi) is 4.43. The van der Waals surface area contributed by atoms with Crippen LogP contribution >= 0.6 is 0 Å². The average molecular weight is 335 g/mol. The molecule has 5 nitrogen and oxygen atoms in total. The molecule has 2 aromatic rings. The molecule has 0 amide bonds. The second-order valence-electron chi connectivity index (χ2n) is 5.56. The molecule has 1 aliphatic heterocycles. The number of benzene rings is 1. The SMILES string of the molecule is Cc1ccc(S(=O)(=O)N2CCNCC2c2cccnc2)c(F)c1. The number of rotatable bonds is 3. The molecule has 1 aromatic heterocycles. The van der Waals surface area contributed by atoms with Crippen molar-refractivity contribution < 1.29 is 12.8 Å². The first-order chi connectivity index (χ1) is 11.0. The number of piperazine rings is 1. The zero-order valence-electron chi connectivity index (χ0n) is 12.7. The van der Waals surface area contributed by atoms with E-state index in [0.717, 1.165) is 5.56 Å². The fourth-order valence-corrected chi connectivity index (χ4v) is 4.43. The Labute approximate surface area is 135 Å². The first-order valence-electron chi connectivity index (χ1n) is 7.39. The predicted molar refractivity (Wildman–Crippen MR) is 84.9 cm³/mol. The molecule has 1 N–H and O–H groups in total. The molecule has 23 heavy (non-hydrogen) atoms. The lowest BCUT2D eigenvalue weighted by atomic mass is 10.1. The van der Waals surface area contributed by atoms with Crippen molar-refractivity contribution in [2.24, 2.45) is 0 Å². The maximum Gasteiger partial charge on any atom is 0.246 e. The van der Waals surface area contributed by atoms with Gasteiger partial charge in [0.25, 0.3) is 0 Å². The number of sulfonamides is 1. The van der Waals surface area contributed by atoms with Crippen LogP contribution in [-0.4, -0.2) is 37.3 Å². The van der Waals surface area contributed by atoms with Crippen LogP contribution in [0.2, 0.25) is 0 Å². The van der Waals surface area contributed by atoms with E-state index in [9.17, 15) is 12.8 Å². The molecule has 3 rings (SSSR count). The molecule has 1 saturated heterocycles. The molecular formula is C16H18FN3O2S. The topological polar surface area (TPSA) is 62.3 Å². The predicted octanol–water partition coefficient (Wildman–Crippen LogP) is 1.86. The summed E-state index contributed by atoms with van der Waals surface area (Å²) in [5, 5.41) is 3.18. The van der Waals surface area contributed by atoms with Crippen LogP contribution in [0.3, 0.4) is 0 Å². The van der Waals surface area contributed by atoms with Gasteiger partial charge in [0.2, 0.25) is 10.0 Å². The van der Waals surface area contributed by atoms with Crippen LogP contribution in [0.15, 0.2) is 47.6 Å². The first kappa shape index (κ1) is 16.0. The van der Waals surface area contributed by atoms with E-state index in [0.29, 0.717) is 18.7 Å². The minimum Gasteiger partial charge on any atom is -0.313 e. The third-order valence-electron chi connectivity index (χ3n) is 3.94. The Morgan fingerprint density at radius 1 is 1.35 bits per heavy atom. The molecule has 2 heterocycles. The van der Waals surface area contributed by atoms with Crippen molar-refractivity contribution in [3.63, 3.8) is 0 Å². The highest BCUT2D eigenvalue weighted by Gasteiger charge is 2.35. The minimum atomic E-state index is -3.92. The van der Waals surface area contributed by atoms with Gasteiger partial charge in [0, 0.05) is 32.0 Å². The van der Waals surface area contributed by atoms with Gasteiger partial charge in [-0.25, -0.2) is 12.8 Å². The lowest BCUT2D eigenvalue weighted by Crippen LogP contribution is -2.48. The number of hydrogen-bond acceptors (Lipinski definition) is 4. The zero-order chi connectivity index (χ0) is 16.4. The van der Waals surface area contributed by atoms with Crippen molar-refractivity contribution in [2.45, 2.75) is 17.9 Å². The van der Waals surface area contributed by atoms with Gasteiger partial charge < -0.3 is 5.32 Å². The normalized spacial score (nSPS) is 19.7. The average Bonchev–Trinajstić information content (AvgIpc) is 2.55. The van der Waals surface area contributed by atoms with Gasteiger partial charge in [-0.3, -0.25) is 4.98 Å². The Balaban J connectivity index is 2.02. The minimum absolute atomic E-state index is 0.279. The first-order valence-corrected chi connectivity index (χ1v) is 8.83. The van der Waals surface area contributed by atoms with Crippen molar-refractivity contribution in [1.82, 2.24) is 14.6 Å². The Morgan fingerprint density at radius 2 is 2.17 bits per heavy atom. The molecule has 0 spiro atoms. The number of aryl methyl sites for hydroxylation is 1. The van der Waals surface area contributed by atoms with Crippen LogP contribution in [0, 0.1) is 12.7 Å². The summed E-state index contributed by atoms with van der Waals surface area (Å²) in [4.78, 5) is 3.78. The number of aromatic nitrogens is 1. The van der Waals surface area contributed by atoms with Crippen molar-refractivity contribution in [1.29, 1.82) is 0 Å². The fourth-order valence-electron chi connectivity index (χ4n) is 2.77. The van der Waals surface area contributed by atoms with E-state index >= 15 is 0 Å². The second-order valence-corrected chi connectivity index (χ2v) is 7.41. The molecule has 1 atom stereocenters. The fraction of sp³-hybridized carbons (Fsp3) is 0.312. The van der Waals surface area contributed by atoms with Gasteiger partial charge in [0.15, 0.2) is 0 Å². The maximum atomic E-state index is 14.2. The van der Waals surface area contributed by atoms with E-state index in [1.165, 1.54) is 16.4 Å². The summed E-state index contributed by atoms with van der Waals surface area (Å²) in [7, 11) is -3.92. The van der Waals surface area contributed by atoms with Crippen LogP contribution in [0.25, 0.3) is 0 Å². The van der Waals surface area contributed by atoms with Crippen molar-refractivity contribution in [3.05, 3.63) is 59.7 Å². The van der Waals surface area contributed by atoms with Gasteiger partial charge >= 0.3 is 0 Å².